The number of benzene rings is 1. The summed E-state index contributed by atoms with van der Waals surface area (Å²) in [7, 11) is 0. The molecule has 0 aliphatic heterocycles. The molecule has 0 radical (unpaired) electrons. The van der Waals surface area contributed by atoms with E-state index in [9.17, 15) is 5.11 Å². The Bertz CT molecular complexity index is 853. The summed E-state index contributed by atoms with van der Waals surface area (Å²) >= 11 is 0. The number of anilines is 2. The van der Waals surface area contributed by atoms with Gasteiger partial charge in [-0.15, -0.1) is 0 Å². The van der Waals surface area contributed by atoms with Gasteiger partial charge in [-0.1, -0.05) is 0 Å². The van der Waals surface area contributed by atoms with E-state index in [0.717, 1.165) is 35.4 Å². The van der Waals surface area contributed by atoms with Crippen LogP contribution in [-0.4, -0.2) is 39.4 Å². The SMILES string of the molecule is CCN(CC)c1cc(N/N=C/c2c[nH]c3ccc(O)cc23)ncn1. The van der Waals surface area contributed by atoms with Crippen molar-refractivity contribution in [3.8, 4) is 5.75 Å². The van der Waals surface area contributed by atoms with Crippen LogP contribution in [0.3, 0.4) is 0 Å². The molecule has 7 heteroatoms. The predicted molar refractivity (Wildman–Crippen MR) is 96.8 cm³/mol. The summed E-state index contributed by atoms with van der Waals surface area (Å²) in [6.45, 7) is 5.94. The molecule has 0 aliphatic rings. The minimum Gasteiger partial charge on any atom is -0.508 e. The molecule has 0 spiro atoms. The van der Waals surface area contributed by atoms with Gasteiger partial charge in [-0.2, -0.15) is 5.10 Å². The van der Waals surface area contributed by atoms with Crippen molar-refractivity contribution < 1.29 is 5.11 Å². The maximum Gasteiger partial charge on any atom is 0.151 e. The molecule has 0 saturated carbocycles. The first-order chi connectivity index (χ1) is 11.7. The van der Waals surface area contributed by atoms with Crippen molar-refractivity contribution in [2.24, 2.45) is 5.10 Å². The van der Waals surface area contributed by atoms with Gasteiger partial charge in [0.25, 0.3) is 0 Å². The lowest BCUT2D eigenvalue weighted by Gasteiger charge is -2.19. The van der Waals surface area contributed by atoms with Crippen molar-refractivity contribution in [2.45, 2.75) is 13.8 Å². The fourth-order valence-corrected chi connectivity index (χ4v) is 2.53. The molecular formula is C17H20N6O. The Kier molecular flexibility index (Phi) is 4.60. The minimum absolute atomic E-state index is 0.226. The molecule has 2 heterocycles. The number of H-pyrrole nitrogens is 1. The van der Waals surface area contributed by atoms with Crippen LogP contribution in [-0.2, 0) is 0 Å². The van der Waals surface area contributed by atoms with Crippen LogP contribution in [0.2, 0.25) is 0 Å². The lowest BCUT2D eigenvalue weighted by molar-refractivity contribution is 0.476. The van der Waals surface area contributed by atoms with Crippen LogP contribution in [0, 0.1) is 0 Å². The molecule has 2 aromatic heterocycles. The van der Waals surface area contributed by atoms with Gasteiger partial charge in [-0.25, -0.2) is 9.97 Å². The molecule has 124 valence electrons. The number of nitrogens with one attached hydrogen (secondary N) is 2. The summed E-state index contributed by atoms with van der Waals surface area (Å²) in [6, 6.07) is 7.05. The van der Waals surface area contributed by atoms with Crippen LogP contribution in [0.25, 0.3) is 10.9 Å². The molecule has 3 aromatic rings. The third-order valence-corrected chi connectivity index (χ3v) is 3.82. The van der Waals surface area contributed by atoms with E-state index in [0.29, 0.717) is 5.82 Å². The van der Waals surface area contributed by atoms with Gasteiger partial charge in [0.15, 0.2) is 5.82 Å². The van der Waals surface area contributed by atoms with Crippen molar-refractivity contribution >= 4 is 28.8 Å². The Hall–Kier alpha value is -3.09. The summed E-state index contributed by atoms with van der Waals surface area (Å²) in [5, 5.41) is 14.7. The third-order valence-electron chi connectivity index (χ3n) is 3.82. The molecule has 1 aromatic carbocycles. The van der Waals surface area contributed by atoms with Gasteiger partial charge in [0, 0.05) is 41.8 Å². The van der Waals surface area contributed by atoms with Gasteiger partial charge in [0.1, 0.15) is 17.9 Å². The fourth-order valence-electron chi connectivity index (χ4n) is 2.53. The van der Waals surface area contributed by atoms with E-state index in [1.165, 1.54) is 6.33 Å². The zero-order valence-electron chi connectivity index (χ0n) is 13.7. The summed E-state index contributed by atoms with van der Waals surface area (Å²) < 4.78 is 0. The van der Waals surface area contributed by atoms with Gasteiger partial charge in [0.2, 0.25) is 0 Å². The highest BCUT2D eigenvalue weighted by atomic mass is 16.3. The quantitative estimate of drug-likeness (QED) is 0.479. The van der Waals surface area contributed by atoms with Gasteiger partial charge in [-0.3, -0.25) is 5.43 Å². The Labute approximate surface area is 140 Å². The largest absolute Gasteiger partial charge is 0.508 e. The Morgan fingerprint density at radius 1 is 1.25 bits per heavy atom. The number of hydrazone groups is 1. The van der Waals surface area contributed by atoms with Crippen molar-refractivity contribution in [3.05, 3.63) is 42.4 Å². The van der Waals surface area contributed by atoms with Crippen molar-refractivity contribution in [1.29, 1.82) is 0 Å². The Morgan fingerprint density at radius 2 is 2.08 bits per heavy atom. The molecule has 0 unspecified atom stereocenters. The average Bonchev–Trinajstić information content (AvgIpc) is 2.99. The molecule has 3 rings (SSSR count). The summed E-state index contributed by atoms with van der Waals surface area (Å²) in [5.74, 6) is 1.72. The van der Waals surface area contributed by atoms with E-state index in [1.54, 1.807) is 18.3 Å². The monoisotopic (exact) mass is 324 g/mol. The molecule has 7 nitrogen and oxygen atoms in total. The molecule has 24 heavy (non-hydrogen) atoms. The van der Waals surface area contributed by atoms with E-state index < -0.39 is 0 Å². The van der Waals surface area contributed by atoms with Crippen LogP contribution >= 0.6 is 0 Å². The fraction of sp³-hybridized carbons (Fsp3) is 0.235. The van der Waals surface area contributed by atoms with Gasteiger partial charge < -0.3 is 15.0 Å². The first-order valence-electron chi connectivity index (χ1n) is 7.87. The predicted octanol–water partition coefficient (Wildman–Crippen LogP) is 2.96. The third kappa shape index (κ3) is 3.29. The molecule has 0 bridgehead atoms. The highest BCUT2D eigenvalue weighted by Crippen LogP contribution is 2.21. The van der Waals surface area contributed by atoms with Gasteiger partial charge in [0.05, 0.1) is 6.21 Å². The lowest BCUT2D eigenvalue weighted by atomic mass is 10.2. The van der Waals surface area contributed by atoms with Crippen LogP contribution < -0.4 is 10.3 Å². The number of hydrogen-bond donors (Lipinski definition) is 3. The summed E-state index contributed by atoms with van der Waals surface area (Å²) in [5.41, 5.74) is 4.75. The number of phenols is 1. The maximum atomic E-state index is 9.61. The molecule has 3 N–H and O–H groups in total. The molecule has 0 atom stereocenters. The van der Waals surface area contributed by atoms with E-state index >= 15 is 0 Å². The number of fused-ring (bicyclic) bond motifs is 1. The molecule has 0 saturated heterocycles. The van der Waals surface area contributed by atoms with Crippen molar-refractivity contribution in [2.75, 3.05) is 23.4 Å². The first kappa shape index (κ1) is 15.8. The van der Waals surface area contributed by atoms with Gasteiger partial charge >= 0.3 is 0 Å². The zero-order chi connectivity index (χ0) is 16.9. The molecular weight excluding hydrogens is 304 g/mol. The standard InChI is InChI=1S/C17H20N6O/c1-3-23(4-2)17-8-16(19-11-20-17)22-21-10-12-9-18-15-6-5-13(24)7-14(12)15/h5-11,18,24H,3-4H2,1-2H3,(H,19,20,22)/b21-10+. The van der Waals surface area contributed by atoms with Crippen LogP contribution in [0.15, 0.2) is 41.9 Å². The van der Waals surface area contributed by atoms with E-state index in [2.05, 4.69) is 44.2 Å². The number of aromatic nitrogens is 3. The topological polar surface area (TPSA) is 89.4 Å². The number of aromatic hydroxyl groups is 1. The van der Waals surface area contributed by atoms with Crippen molar-refractivity contribution in [3.63, 3.8) is 0 Å². The maximum absolute atomic E-state index is 9.61. The second-order valence-electron chi connectivity index (χ2n) is 5.28. The highest BCUT2D eigenvalue weighted by molar-refractivity contribution is 5.99. The van der Waals surface area contributed by atoms with E-state index in [-0.39, 0.29) is 5.75 Å². The van der Waals surface area contributed by atoms with Crippen LogP contribution in [0.4, 0.5) is 11.6 Å². The van der Waals surface area contributed by atoms with Crippen LogP contribution in [0.1, 0.15) is 19.4 Å². The number of hydrogen-bond acceptors (Lipinski definition) is 6. The summed E-state index contributed by atoms with van der Waals surface area (Å²) in [6.07, 6.45) is 5.06. The molecule has 0 amide bonds. The second-order valence-corrected chi connectivity index (χ2v) is 5.28. The molecule has 0 aliphatic carbocycles. The van der Waals surface area contributed by atoms with E-state index in [4.69, 9.17) is 0 Å². The number of phenolic OH excluding ortho intramolecular Hbond substituents is 1. The second kappa shape index (κ2) is 6.99. The number of rotatable bonds is 6. The summed E-state index contributed by atoms with van der Waals surface area (Å²) in [4.78, 5) is 13.7. The van der Waals surface area contributed by atoms with Crippen molar-refractivity contribution in [1.82, 2.24) is 15.0 Å². The Balaban J connectivity index is 1.76. The van der Waals surface area contributed by atoms with Gasteiger partial charge in [-0.05, 0) is 32.0 Å². The smallest absolute Gasteiger partial charge is 0.151 e. The van der Waals surface area contributed by atoms with E-state index in [1.807, 2.05) is 18.3 Å². The average molecular weight is 324 g/mol. The molecule has 0 fully saturated rings. The number of aromatic amines is 1. The normalized spacial score (nSPS) is 11.2. The number of nitrogens with zero attached hydrogens (tertiary/aromatic N) is 4. The first-order valence-corrected chi connectivity index (χ1v) is 7.87. The Morgan fingerprint density at radius 3 is 2.88 bits per heavy atom. The zero-order valence-corrected chi connectivity index (χ0v) is 13.7. The lowest BCUT2D eigenvalue weighted by Crippen LogP contribution is -2.23. The minimum atomic E-state index is 0.226. The van der Waals surface area contributed by atoms with Crippen LogP contribution in [0.5, 0.6) is 5.75 Å². The highest BCUT2D eigenvalue weighted by Gasteiger charge is 2.05.